The molecule has 0 spiro atoms. The van der Waals surface area contributed by atoms with Crippen LogP contribution in [0.2, 0.25) is 0 Å². The van der Waals surface area contributed by atoms with E-state index in [1.807, 2.05) is 34.6 Å². The number of amides is 5. The number of nitrogens with one attached hydrogen (secondary N) is 4. The van der Waals surface area contributed by atoms with Crippen molar-refractivity contribution in [3.8, 4) is 0 Å². The molecular weight excluding hydrogens is 650 g/mol. The van der Waals surface area contributed by atoms with E-state index < -0.39 is 73.9 Å². The molecule has 2 aliphatic carbocycles. The number of ether oxygens (including phenoxy) is 1. The predicted octanol–water partition coefficient (Wildman–Crippen LogP) is 2.82. The van der Waals surface area contributed by atoms with Gasteiger partial charge in [0.2, 0.25) is 17.6 Å². The average Bonchev–Trinajstić information content (AvgIpc) is 3.33. The maximum absolute atomic E-state index is 14.5. The van der Waals surface area contributed by atoms with Crippen LogP contribution in [-0.2, 0) is 33.8 Å². The van der Waals surface area contributed by atoms with Crippen LogP contribution >= 0.6 is 0 Å². The molecule has 0 radical (unpaired) electrons. The van der Waals surface area contributed by atoms with Crippen molar-refractivity contribution < 1.29 is 37.1 Å². The SMILES string of the molecule is CCCC[C@H](NC(=O)[C@@H]1[C@@H]2[C@H](CN1C(=O)[C@@H](NC(=O)NC1(C3OCCCS3(=O)=O)CCCCC1)C(C)(C)C)C2(C)C)C(=O)C(=O)NCCC. The van der Waals surface area contributed by atoms with Gasteiger partial charge in [0.15, 0.2) is 15.3 Å². The summed E-state index contributed by atoms with van der Waals surface area (Å²) in [7, 11) is -3.61. The summed E-state index contributed by atoms with van der Waals surface area (Å²) >= 11 is 0. The first-order chi connectivity index (χ1) is 22.9. The minimum absolute atomic E-state index is 0.00275. The van der Waals surface area contributed by atoms with Crippen molar-refractivity contribution >= 4 is 39.4 Å². The molecule has 0 aromatic rings. The number of nitrogens with zero attached hydrogens (tertiary/aromatic N) is 1. The Labute approximate surface area is 292 Å². The summed E-state index contributed by atoms with van der Waals surface area (Å²) in [5.41, 5.74) is -3.25. The maximum Gasteiger partial charge on any atom is 0.316 e. The first-order valence-electron chi connectivity index (χ1n) is 18.3. The summed E-state index contributed by atoms with van der Waals surface area (Å²) in [4.78, 5) is 69.6. The van der Waals surface area contributed by atoms with Gasteiger partial charge in [0.05, 0.1) is 17.3 Å². The molecule has 4 aliphatic rings. The third-order valence-corrected chi connectivity index (χ3v) is 13.2. The van der Waals surface area contributed by atoms with Crippen LogP contribution in [0.25, 0.3) is 0 Å². The number of ketones is 1. The molecule has 6 atom stereocenters. The summed E-state index contributed by atoms with van der Waals surface area (Å²) in [6.07, 6.45) is 6.05. The van der Waals surface area contributed by atoms with Crippen molar-refractivity contribution in [1.82, 2.24) is 26.2 Å². The number of fused-ring (bicyclic) bond motifs is 1. The van der Waals surface area contributed by atoms with Gasteiger partial charge in [0, 0.05) is 19.7 Å². The number of likely N-dealkylation sites (tertiary alicyclic amines) is 1. The lowest BCUT2D eigenvalue weighted by atomic mass is 9.81. The van der Waals surface area contributed by atoms with Crippen LogP contribution in [0.15, 0.2) is 0 Å². The Morgan fingerprint density at radius 1 is 0.959 bits per heavy atom. The number of hydrogen-bond acceptors (Lipinski definition) is 8. The monoisotopic (exact) mass is 709 g/mol. The van der Waals surface area contributed by atoms with Crippen LogP contribution in [0.1, 0.15) is 113 Å². The number of Topliss-reactive ketones (excluding diaryl/α,β-unsaturated/α-hetero) is 1. The first-order valence-corrected chi connectivity index (χ1v) is 20.0. The van der Waals surface area contributed by atoms with Crippen molar-refractivity contribution in [3.05, 3.63) is 0 Å². The fraction of sp³-hybridized carbons (Fsp3) is 0.857. The number of carbonyl (C=O) groups is 5. The van der Waals surface area contributed by atoms with E-state index >= 15 is 0 Å². The van der Waals surface area contributed by atoms with Gasteiger partial charge in [-0.2, -0.15) is 0 Å². The van der Waals surface area contributed by atoms with Crippen LogP contribution in [-0.4, -0.2) is 97.4 Å². The molecule has 5 amide bonds. The van der Waals surface area contributed by atoms with Gasteiger partial charge < -0.3 is 30.9 Å². The van der Waals surface area contributed by atoms with Crippen LogP contribution in [0.5, 0.6) is 0 Å². The Kier molecular flexibility index (Phi) is 12.2. The number of urea groups is 1. The molecule has 2 aliphatic heterocycles. The highest BCUT2D eigenvalue weighted by Gasteiger charge is 2.70. The normalized spacial score (nSPS) is 27.9. The third-order valence-electron chi connectivity index (χ3n) is 11.1. The van der Waals surface area contributed by atoms with Crippen LogP contribution < -0.4 is 21.3 Å². The van der Waals surface area contributed by atoms with Gasteiger partial charge in [-0.05, 0) is 54.8 Å². The zero-order chi connectivity index (χ0) is 36.4. The van der Waals surface area contributed by atoms with Gasteiger partial charge >= 0.3 is 6.03 Å². The Morgan fingerprint density at radius 2 is 1.63 bits per heavy atom. The quantitative estimate of drug-likeness (QED) is 0.211. The predicted molar refractivity (Wildman–Crippen MR) is 185 cm³/mol. The van der Waals surface area contributed by atoms with E-state index in [-0.39, 0.29) is 23.0 Å². The highest BCUT2D eigenvalue weighted by molar-refractivity contribution is 7.92. The number of piperidine rings is 1. The Balaban J connectivity index is 1.56. The van der Waals surface area contributed by atoms with Crippen molar-refractivity contribution in [2.24, 2.45) is 22.7 Å². The zero-order valence-corrected chi connectivity index (χ0v) is 31.3. The average molecular weight is 710 g/mol. The molecular formula is C35H59N5O8S. The molecule has 13 nitrogen and oxygen atoms in total. The molecule has 0 bridgehead atoms. The van der Waals surface area contributed by atoms with E-state index in [4.69, 9.17) is 4.74 Å². The molecule has 2 saturated carbocycles. The molecule has 2 heterocycles. The second kappa shape index (κ2) is 15.2. The largest absolute Gasteiger partial charge is 0.360 e. The Hall–Kier alpha value is -2.74. The second-order valence-electron chi connectivity index (χ2n) is 16.3. The minimum atomic E-state index is -3.61. The molecule has 0 aromatic carbocycles. The van der Waals surface area contributed by atoms with Crippen molar-refractivity contribution in [3.63, 3.8) is 0 Å². The first kappa shape index (κ1) is 39.1. The molecule has 49 heavy (non-hydrogen) atoms. The van der Waals surface area contributed by atoms with E-state index in [0.717, 1.165) is 25.7 Å². The van der Waals surface area contributed by atoms with E-state index in [1.165, 1.54) is 4.90 Å². The number of carbonyl (C=O) groups excluding carboxylic acids is 5. The van der Waals surface area contributed by atoms with E-state index in [1.54, 1.807) is 0 Å². The summed E-state index contributed by atoms with van der Waals surface area (Å²) in [6, 6.07) is -3.61. The van der Waals surface area contributed by atoms with Crippen LogP contribution in [0.3, 0.4) is 0 Å². The lowest BCUT2D eigenvalue weighted by molar-refractivity contribution is -0.145. The van der Waals surface area contributed by atoms with E-state index in [0.29, 0.717) is 58.2 Å². The molecule has 4 N–H and O–H groups in total. The van der Waals surface area contributed by atoms with Gasteiger partial charge in [-0.1, -0.05) is 80.6 Å². The lowest BCUT2D eigenvalue weighted by Gasteiger charge is -2.45. The molecule has 14 heteroatoms. The van der Waals surface area contributed by atoms with Crippen molar-refractivity contribution in [2.75, 3.05) is 25.4 Å². The third kappa shape index (κ3) is 8.43. The molecule has 4 rings (SSSR count). The lowest BCUT2D eigenvalue weighted by Crippen LogP contribution is -2.66. The van der Waals surface area contributed by atoms with Crippen molar-refractivity contribution in [1.29, 1.82) is 0 Å². The van der Waals surface area contributed by atoms with Gasteiger partial charge in [0.1, 0.15) is 12.1 Å². The second-order valence-corrected chi connectivity index (χ2v) is 18.4. The van der Waals surface area contributed by atoms with Crippen LogP contribution in [0, 0.1) is 22.7 Å². The van der Waals surface area contributed by atoms with Gasteiger partial charge in [-0.15, -0.1) is 0 Å². The summed E-state index contributed by atoms with van der Waals surface area (Å²) in [5.74, 6) is -2.46. The minimum Gasteiger partial charge on any atom is -0.360 e. The molecule has 4 fully saturated rings. The molecule has 2 saturated heterocycles. The van der Waals surface area contributed by atoms with Crippen molar-refractivity contribution in [2.45, 2.75) is 142 Å². The molecule has 278 valence electrons. The number of hydrogen-bond donors (Lipinski definition) is 4. The maximum atomic E-state index is 14.5. The number of sulfone groups is 1. The fourth-order valence-electron chi connectivity index (χ4n) is 8.21. The highest BCUT2D eigenvalue weighted by atomic mass is 32.2. The standard InChI is InChI=1S/C35H59N5O8S/c1-8-10-15-23(26(41)29(43)36-18-9-2)37-28(42)25-24-22(34(24,6)7)21-40(25)30(44)27(33(3,4)5)38-32(45)39-35(16-12-11-13-17-35)31-48-19-14-20-49(31,46)47/h22-25,27,31H,8-21H2,1-7H3,(H,36,43)(H,37,42)(H2,38,39,45)/t22-,23-,24-,25-,27+,31?/m0/s1. The Bertz CT molecular complexity index is 1370. The fourth-order valence-corrected chi connectivity index (χ4v) is 10.2. The number of unbranched alkanes of at least 4 members (excludes halogenated alkanes) is 1. The van der Waals surface area contributed by atoms with Gasteiger partial charge in [-0.25, -0.2) is 13.2 Å². The van der Waals surface area contributed by atoms with E-state index in [2.05, 4.69) is 35.1 Å². The zero-order valence-electron chi connectivity index (χ0n) is 30.5. The number of rotatable bonds is 13. The van der Waals surface area contributed by atoms with Crippen LogP contribution in [0.4, 0.5) is 4.79 Å². The van der Waals surface area contributed by atoms with E-state index in [9.17, 15) is 32.4 Å². The molecule has 1 unspecified atom stereocenters. The van der Waals surface area contributed by atoms with Gasteiger partial charge in [-0.3, -0.25) is 19.2 Å². The molecule has 0 aromatic heterocycles. The smallest absolute Gasteiger partial charge is 0.316 e. The summed E-state index contributed by atoms with van der Waals surface area (Å²) in [6.45, 7) is 14.4. The topological polar surface area (TPSA) is 180 Å². The summed E-state index contributed by atoms with van der Waals surface area (Å²) in [5, 5.41) is 11.3. The Morgan fingerprint density at radius 3 is 2.22 bits per heavy atom. The summed E-state index contributed by atoms with van der Waals surface area (Å²) < 4.78 is 32.1. The highest BCUT2D eigenvalue weighted by Crippen LogP contribution is 2.65. The van der Waals surface area contributed by atoms with Gasteiger partial charge in [0.25, 0.3) is 5.91 Å².